The van der Waals surface area contributed by atoms with E-state index in [0.29, 0.717) is 22.9 Å². The van der Waals surface area contributed by atoms with Crippen molar-refractivity contribution in [2.24, 2.45) is 0 Å². The van der Waals surface area contributed by atoms with Crippen molar-refractivity contribution in [3.8, 4) is 0 Å². The summed E-state index contributed by atoms with van der Waals surface area (Å²) >= 11 is 5.87. The van der Waals surface area contributed by atoms with Crippen LogP contribution in [0.2, 0.25) is 5.02 Å². The highest BCUT2D eigenvalue weighted by Crippen LogP contribution is 2.42. The maximum Gasteiger partial charge on any atom is 0.309 e. The van der Waals surface area contributed by atoms with Crippen LogP contribution in [0.25, 0.3) is 0 Å². The number of carbonyl (C=O) groups is 1. The second kappa shape index (κ2) is 6.17. The second-order valence-corrected chi connectivity index (χ2v) is 5.71. The average Bonchev–Trinajstić information content (AvgIpc) is 2.81. The molecule has 0 saturated heterocycles. The molecule has 1 N–H and O–H groups in total. The number of quaternary nitrogens is 1. The molecule has 0 aromatic heterocycles. The predicted molar refractivity (Wildman–Crippen MR) is 87.4 cm³/mol. The molecule has 1 aliphatic rings. The highest BCUT2D eigenvalue weighted by atomic mass is 35.5. The van der Waals surface area contributed by atoms with Gasteiger partial charge in [-0.05, 0) is 23.8 Å². The number of aliphatic carboxylic acids is 1. The van der Waals surface area contributed by atoms with Crippen LogP contribution in [0.15, 0.2) is 48.5 Å². The van der Waals surface area contributed by atoms with E-state index < -0.39 is 10.8 Å². The van der Waals surface area contributed by atoms with Gasteiger partial charge in [0, 0.05) is 11.1 Å². The molecule has 3 rings (SSSR count). The third-order valence-corrected chi connectivity index (χ3v) is 3.86. The first-order valence-electron chi connectivity index (χ1n) is 7.10. The average molecular weight is 335 g/mol. The molecule has 0 fully saturated rings. The van der Waals surface area contributed by atoms with E-state index >= 15 is 0 Å². The first-order chi connectivity index (χ1) is 11.0. The van der Waals surface area contributed by atoms with Crippen LogP contribution < -0.4 is 9.87 Å². The van der Waals surface area contributed by atoms with Gasteiger partial charge in [0.2, 0.25) is 0 Å². The number of halogens is 1. The molecule has 1 atom stereocenters. The minimum Gasteiger partial charge on any atom is -0.591 e. The Labute approximate surface area is 138 Å². The van der Waals surface area contributed by atoms with Crippen molar-refractivity contribution in [1.82, 2.24) is 4.81 Å². The van der Waals surface area contributed by atoms with E-state index in [4.69, 9.17) is 21.6 Å². The summed E-state index contributed by atoms with van der Waals surface area (Å²) in [6, 6.07) is 14.2. The van der Waals surface area contributed by atoms with E-state index in [1.165, 1.54) is 5.06 Å². The van der Waals surface area contributed by atoms with Crippen LogP contribution >= 0.6 is 11.6 Å². The van der Waals surface area contributed by atoms with Crippen LogP contribution in [-0.4, -0.2) is 17.6 Å². The van der Waals surface area contributed by atoms with Gasteiger partial charge in [0.1, 0.15) is 12.2 Å². The van der Waals surface area contributed by atoms with Crippen molar-refractivity contribution < 1.29 is 14.8 Å². The van der Waals surface area contributed by atoms with E-state index in [-0.39, 0.29) is 13.0 Å². The SMILES string of the molecule is O=C(O)CC[N+]1([O-])ON(Cc2ccc(Cl)cc2)c2ccccc21. The van der Waals surface area contributed by atoms with Crippen molar-refractivity contribution in [2.75, 3.05) is 11.6 Å². The fraction of sp³-hybridized carbons (Fsp3) is 0.188. The summed E-state index contributed by atoms with van der Waals surface area (Å²) in [4.78, 5) is 15.2. The van der Waals surface area contributed by atoms with Crippen molar-refractivity contribution in [1.29, 1.82) is 0 Å². The molecule has 0 spiro atoms. The molecule has 6 nitrogen and oxygen atoms in total. The van der Waals surface area contributed by atoms with Gasteiger partial charge in [-0.3, -0.25) is 4.79 Å². The number of para-hydroxylation sites is 2. The molecule has 0 aliphatic carbocycles. The minimum absolute atomic E-state index is 0.191. The topological polar surface area (TPSA) is 72.8 Å². The molecule has 2 aromatic rings. The molecular formula is C16H15ClN2O4. The quantitative estimate of drug-likeness (QED) is 0.669. The highest BCUT2D eigenvalue weighted by Gasteiger charge is 2.39. The highest BCUT2D eigenvalue weighted by molar-refractivity contribution is 6.30. The predicted octanol–water partition coefficient (Wildman–Crippen LogP) is 3.49. The standard InChI is InChI=1S/C16H15ClN2O4/c17-13-7-5-12(6-8-13)11-18-14-3-1-2-4-15(14)19(22,23-18)10-9-16(20)21/h1-8H,9-11H2,(H,20,21). The smallest absolute Gasteiger partial charge is 0.309 e. The minimum atomic E-state index is -1.13. The lowest BCUT2D eigenvalue weighted by atomic mass is 10.2. The third-order valence-electron chi connectivity index (χ3n) is 3.61. The number of anilines is 1. The van der Waals surface area contributed by atoms with Gasteiger partial charge in [-0.25, -0.2) is 0 Å². The molecule has 0 bridgehead atoms. The zero-order chi connectivity index (χ0) is 16.4. The lowest BCUT2D eigenvalue weighted by molar-refractivity contribution is -0.143. The Morgan fingerprint density at radius 2 is 1.91 bits per heavy atom. The Bertz CT molecular complexity index is 722. The summed E-state index contributed by atoms with van der Waals surface area (Å²) in [5, 5.41) is 23.8. The molecule has 1 aliphatic heterocycles. The van der Waals surface area contributed by atoms with E-state index in [1.54, 1.807) is 30.3 Å². The van der Waals surface area contributed by atoms with E-state index in [9.17, 15) is 10.0 Å². The Balaban J connectivity index is 1.85. The first-order valence-corrected chi connectivity index (χ1v) is 7.48. The van der Waals surface area contributed by atoms with Gasteiger partial charge in [0.25, 0.3) is 0 Å². The largest absolute Gasteiger partial charge is 0.591 e. The number of carboxylic acids is 1. The summed E-state index contributed by atoms with van der Waals surface area (Å²) in [6.45, 7) is 0.174. The molecule has 120 valence electrons. The number of hydroxylamine groups is 3. The molecular weight excluding hydrogens is 320 g/mol. The van der Waals surface area contributed by atoms with Crippen LogP contribution in [-0.2, 0) is 16.3 Å². The fourth-order valence-corrected chi connectivity index (χ4v) is 2.61. The maximum atomic E-state index is 12.9. The van der Waals surface area contributed by atoms with Crippen LogP contribution in [0.4, 0.5) is 11.4 Å². The Hall–Kier alpha value is -2.12. The molecule has 1 heterocycles. The van der Waals surface area contributed by atoms with Crippen molar-refractivity contribution in [3.05, 3.63) is 64.3 Å². The summed E-state index contributed by atoms with van der Waals surface area (Å²) in [5.74, 6) is -1.03. The number of benzene rings is 2. The Morgan fingerprint density at radius 1 is 1.22 bits per heavy atom. The number of fused-ring (bicyclic) bond motifs is 1. The number of rotatable bonds is 5. The van der Waals surface area contributed by atoms with Gasteiger partial charge in [0.05, 0.1) is 13.0 Å². The van der Waals surface area contributed by atoms with Crippen LogP contribution in [0.1, 0.15) is 12.0 Å². The molecule has 0 radical (unpaired) electrons. The molecule has 0 saturated carbocycles. The molecule has 23 heavy (non-hydrogen) atoms. The maximum absolute atomic E-state index is 12.9. The van der Waals surface area contributed by atoms with Gasteiger partial charge in [-0.2, -0.15) is 9.87 Å². The van der Waals surface area contributed by atoms with Gasteiger partial charge in [-0.1, -0.05) is 40.8 Å². The Morgan fingerprint density at radius 3 is 2.61 bits per heavy atom. The third kappa shape index (κ3) is 3.30. The van der Waals surface area contributed by atoms with E-state index in [2.05, 4.69) is 0 Å². The summed E-state index contributed by atoms with van der Waals surface area (Å²) in [7, 11) is 0. The number of carboxylic acid groups (broad SMARTS) is 1. The van der Waals surface area contributed by atoms with Gasteiger partial charge >= 0.3 is 5.97 Å². The van der Waals surface area contributed by atoms with Crippen molar-refractivity contribution >= 4 is 28.9 Å². The monoisotopic (exact) mass is 334 g/mol. The fourth-order valence-electron chi connectivity index (χ4n) is 2.48. The lowest BCUT2D eigenvalue weighted by Crippen LogP contribution is -2.44. The lowest BCUT2D eigenvalue weighted by Gasteiger charge is -2.32. The van der Waals surface area contributed by atoms with Crippen molar-refractivity contribution in [2.45, 2.75) is 13.0 Å². The zero-order valence-electron chi connectivity index (χ0n) is 12.2. The van der Waals surface area contributed by atoms with Crippen LogP contribution in [0, 0.1) is 5.21 Å². The Kier molecular flexibility index (Phi) is 4.23. The molecule has 2 aromatic carbocycles. The number of hydrogen-bond donors (Lipinski definition) is 1. The molecule has 7 heteroatoms. The molecule has 0 amide bonds. The number of nitrogens with zero attached hydrogens (tertiary/aromatic N) is 2. The van der Waals surface area contributed by atoms with E-state index in [0.717, 1.165) is 5.56 Å². The zero-order valence-corrected chi connectivity index (χ0v) is 12.9. The first kappa shape index (κ1) is 15.8. The number of hydrogen-bond acceptors (Lipinski definition) is 4. The molecule has 1 unspecified atom stereocenters. The van der Waals surface area contributed by atoms with Gasteiger partial charge < -0.3 is 10.3 Å². The van der Waals surface area contributed by atoms with Gasteiger partial charge in [-0.15, -0.1) is 0 Å². The normalized spacial score (nSPS) is 19.7. The summed E-state index contributed by atoms with van der Waals surface area (Å²) in [6.07, 6.45) is -0.271. The van der Waals surface area contributed by atoms with Crippen LogP contribution in [0.5, 0.6) is 0 Å². The van der Waals surface area contributed by atoms with Crippen LogP contribution in [0.3, 0.4) is 0 Å². The summed E-state index contributed by atoms with van der Waals surface area (Å²) in [5.41, 5.74) is 1.97. The van der Waals surface area contributed by atoms with Gasteiger partial charge in [0.15, 0.2) is 5.69 Å². The summed E-state index contributed by atoms with van der Waals surface area (Å²) < 4.78 is 0. The second-order valence-electron chi connectivity index (χ2n) is 5.27. The van der Waals surface area contributed by atoms with Crippen molar-refractivity contribution in [3.63, 3.8) is 0 Å². The van der Waals surface area contributed by atoms with E-state index in [1.807, 2.05) is 18.2 Å².